The molecule has 9 aromatic carbocycles. The summed E-state index contributed by atoms with van der Waals surface area (Å²) >= 11 is 0. The molecule has 0 fully saturated rings. The Morgan fingerprint density at radius 1 is 0.434 bits per heavy atom. The lowest BCUT2D eigenvalue weighted by Crippen LogP contribution is -2.33. The summed E-state index contributed by atoms with van der Waals surface area (Å²) in [6, 6.07) is 62.2. The molecule has 1 aromatic heterocycles. The molecule has 0 bridgehead atoms. The molecular formula is C49H31N3O. The molecule has 0 spiro atoms. The Bertz CT molecular complexity index is 3140. The smallest absolute Gasteiger partial charge is 0.159 e. The molecule has 1 aliphatic rings. The molecule has 1 unspecified atom stereocenters. The van der Waals surface area contributed by atoms with Crippen molar-refractivity contribution >= 4 is 76.7 Å². The Morgan fingerprint density at radius 3 is 1.98 bits per heavy atom. The van der Waals surface area contributed by atoms with E-state index in [4.69, 9.17) is 14.4 Å². The van der Waals surface area contributed by atoms with Gasteiger partial charge in [0.05, 0.1) is 0 Å². The number of hydrogen-bond donors (Lipinski definition) is 1. The number of para-hydroxylation sites is 1. The van der Waals surface area contributed by atoms with Crippen molar-refractivity contribution in [3.8, 4) is 11.1 Å². The molecule has 0 amide bonds. The minimum absolute atomic E-state index is 0.353. The number of amidine groups is 2. The van der Waals surface area contributed by atoms with Crippen molar-refractivity contribution in [3.63, 3.8) is 0 Å². The lowest BCUT2D eigenvalue weighted by Gasteiger charge is -2.25. The van der Waals surface area contributed by atoms with Crippen LogP contribution in [0.4, 0.5) is 0 Å². The first-order valence-corrected chi connectivity index (χ1v) is 18.0. The number of furan rings is 1. The average Bonchev–Trinajstić information content (AvgIpc) is 3.62. The molecule has 0 aliphatic carbocycles. The first-order valence-electron chi connectivity index (χ1n) is 18.0. The Labute approximate surface area is 305 Å². The summed E-state index contributed by atoms with van der Waals surface area (Å²) in [7, 11) is 0. The van der Waals surface area contributed by atoms with E-state index in [1.54, 1.807) is 0 Å². The fraction of sp³-hybridized carbons (Fsp3) is 0.0204. The standard InChI is InChI=1S/C49H31N3O/c1-2-13-31(14-3-1)47-50-48(52-49(51-47)42-29-33-15-5-7-18-37(33)45-36-17-6-4-12-30(36)24-27-40(42)45)34-25-26-35-32(28-34)16-10-20-38(35)39-21-11-23-44-46(39)41-19-8-9-22-43(41)53-44/h1-29,48H,(H,50,51,52). The van der Waals surface area contributed by atoms with Gasteiger partial charge in [-0.1, -0.05) is 152 Å². The Balaban J connectivity index is 1.08. The zero-order chi connectivity index (χ0) is 34.9. The molecule has 0 saturated heterocycles. The number of benzene rings is 9. The second-order valence-electron chi connectivity index (χ2n) is 13.7. The number of nitrogens with zero attached hydrogens (tertiary/aromatic N) is 2. The van der Waals surface area contributed by atoms with Crippen LogP contribution in [0.15, 0.2) is 190 Å². The summed E-state index contributed by atoms with van der Waals surface area (Å²) in [5, 5.41) is 15.6. The highest BCUT2D eigenvalue weighted by Crippen LogP contribution is 2.40. The third kappa shape index (κ3) is 4.77. The van der Waals surface area contributed by atoms with E-state index >= 15 is 0 Å². The molecule has 0 radical (unpaired) electrons. The van der Waals surface area contributed by atoms with Gasteiger partial charge in [0.1, 0.15) is 23.2 Å². The lowest BCUT2D eigenvalue weighted by atomic mass is 9.92. The van der Waals surface area contributed by atoms with Gasteiger partial charge in [-0.15, -0.1) is 0 Å². The summed E-state index contributed by atoms with van der Waals surface area (Å²) in [5.41, 5.74) is 7.24. The number of fused-ring (bicyclic) bond motifs is 9. The van der Waals surface area contributed by atoms with Gasteiger partial charge >= 0.3 is 0 Å². The van der Waals surface area contributed by atoms with Crippen LogP contribution in [0, 0.1) is 0 Å². The number of aliphatic imine (C=N–C) groups is 2. The van der Waals surface area contributed by atoms with E-state index in [-0.39, 0.29) is 6.17 Å². The topological polar surface area (TPSA) is 49.9 Å². The SMILES string of the molecule is c1ccc(C2=NC(c3ccc4c(-c5cccc6oc7ccccc7c56)cccc4c3)NC(c3cc4ccccc4c4c3ccc3ccccc34)=N2)cc1. The van der Waals surface area contributed by atoms with Crippen molar-refractivity contribution in [1.29, 1.82) is 0 Å². The van der Waals surface area contributed by atoms with E-state index in [0.717, 1.165) is 60.8 Å². The first-order chi connectivity index (χ1) is 26.3. The molecule has 248 valence electrons. The quantitative estimate of drug-likeness (QED) is 0.189. The van der Waals surface area contributed by atoms with Crippen LogP contribution in [0.25, 0.3) is 76.2 Å². The average molecular weight is 678 g/mol. The largest absolute Gasteiger partial charge is 0.456 e. The van der Waals surface area contributed by atoms with E-state index in [2.05, 4.69) is 151 Å². The fourth-order valence-corrected chi connectivity index (χ4v) is 8.25. The molecule has 4 heteroatoms. The maximum Gasteiger partial charge on any atom is 0.159 e. The van der Waals surface area contributed by atoms with Crippen molar-refractivity contribution in [1.82, 2.24) is 5.32 Å². The van der Waals surface area contributed by atoms with Crippen LogP contribution < -0.4 is 5.32 Å². The Kier molecular flexibility index (Phi) is 6.58. The number of rotatable bonds is 4. The van der Waals surface area contributed by atoms with Crippen LogP contribution in [0.3, 0.4) is 0 Å². The van der Waals surface area contributed by atoms with Crippen molar-refractivity contribution in [2.45, 2.75) is 6.17 Å². The highest BCUT2D eigenvalue weighted by Gasteiger charge is 2.24. The van der Waals surface area contributed by atoms with Crippen LogP contribution in [-0.2, 0) is 0 Å². The van der Waals surface area contributed by atoms with Crippen molar-refractivity contribution in [3.05, 3.63) is 193 Å². The Hall–Kier alpha value is -7.04. The summed E-state index contributed by atoms with van der Waals surface area (Å²) in [5.74, 6) is 1.51. The monoisotopic (exact) mass is 677 g/mol. The first kappa shape index (κ1) is 29.7. The van der Waals surface area contributed by atoms with E-state index in [1.165, 1.54) is 37.9 Å². The van der Waals surface area contributed by atoms with Gasteiger partial charge < -0.3 is 9.73 Å². The summed E-state index contributed by atoms with van der Waals surface area (Å²) in [6.07, 6.45) is -0.353. The minimum atomic E-state index is -0.353. The molecule has 0 saturated carbocycles. The summed E-state index contributed by atoms with van der Waals surface area (Å²) < 4.78 is 6.26. The van der Waals surface area contributed by atoms with E-state index < -0.39 is 0 Å². The van der Waals surface area contributed by atoms with Crippen LogP contribution in [0.2, 0.25) is 0 Å². The van der Waals surface area contributed by atoms with E-state index in [1.807, 2.05) is 30.3 Å². The minimum Gasteiger partial charge on any atom is -0.456 e. The zero-order valence-corrected chi connectivity index (χ0v) is 28.6. The zero-order valence-electron chi connectivity index (χ0n) is 28.6. The number of nitrogens with one attached hydrogen (secondary N) is 1. The van der Waals surface area contributed by atoms with Crippen molar-refractivity contribution in [2.24, 2.45) is 9.98 Å². The lowest BCUT2D eigenvalue weighted by molar-refractivity contribution is 0.669. The Morgan fingerprint density at radius 2 is 1.09 bits per heavy atom. The van der Waals surface area contributed by atoms with E-state index in [9.17, 15) is 0 Å². The van der Waals surface area contributed by atoms with Crippen molar-refractivity contribution < 1.29 is 4.42 Å². The highest BCUT2D eigenvalue weighted by molar-refractivity contribution is 6.27. The second kappa shape index (κ2) is 11.8. The predicted molar refractivity (Wildman–Crippen MR) is 221 cm³/mol. The predicted octanol–water partition coefficient (Wildman–Crippen LogP) is 12.4. The fourth-order valence-electron chi connectivity index (χ4n) is 8.25. The molecule has 4 nitrogen and oxygen atoms in total. The van der Waals surface area contributed by atoms with Gasteiger partial charge in [0.15, 0.2) is 5.84 Å². The molecular weight excluding hydrogens is 647 g/mol. The molecule has 1 N–H and O–H groups in total. The van der Waals surface area contributed by atoms with Gasteiger partial charge in [-0.05, 0) is 84.0 Å². The molecule has 11 rings (SSSR count). The third-order valence-corrected chi connectivity index (χ3v) is 10.7. The second-order valence-corrected chi connectivity index (χ2v) is 13.7. The molecule has 1 aliphatic heterocycles. The van der Waals surface area contributed by atoms with Gasteiger partial charge in [0, 0.05) is 21.9 Å². The third-order valence-electron chi connectivity index (χ3n) is 10.7. The highest BCUT2D eigenvalue weighted by atomic mass is 16.3. The summed E-state index contributed by atoms with van der Waals surface area (Å²) in [6.45, 7) is 0. The van der Waals surface area contributed by atoms with Crippen LogP contribution in [0.5, 0.6) is 0 Å². The van der Waals surface area contributed by atoms with Gasteiger partial charge in [-0.25, -0.2) is 9.98 Å². The maximum absolute atomic E-state index is 6.26. The van der Waals surface area contributed by atoms with Gasteiger partial charge in [0.2, 0.25) is 0 Å². The van der Waals surface area contributed by atoms with Crippen LogP contribution >= 0.6 is 0 Å². The van der Waals surface area contributed by atoms with E-state index in [0.29, 0.717) is 5.84 Å². The van der Waals surface area contributed by atoms with Gasteiger partial charge in [0.25, 0.3) is 0 Å². The molecule has 2 heterocycles. The van der Waals surface area contributed by atoms with Gasteiger partial charge in [-0.3, -0.25) is 0 Å². The maximum atomic E-state index is 6.26. The summed E-state index contributed by atoms with van der Waals surface area (Å²) in [4.78, 5) is 10.5. The van der Waals surface area contributed by atoms with Crippen molar-refractivity contribution in [2.75, 3.05) is 0 Å². The number of hydrogen-bond acceptors (Lipinski definition) is 4. The molecule has 10 aromatic rings. The molecule has 1 atom stereocenters. The van der Waals surface area contributed by atoms with Gasteiger partial charge in [-0.2, -0.15) is 0 Å². The normalized spacial score (nSPS) is 14.6. The van der Waals surface area contributed by atoms with Crippen LogP contribution in [-0.4, -0.2) is 11.7 Å². The van der Waals surface area contributed by atoms with Crippen LogP contribution in [0.1, 0.15) is 22.9 Å². The molecule has 53 heavy (non-hydrogen) atoms.